The number of ether oxygens (including phenoxy) is 1. The maximum absolute atomic E-state index is 15.1. The first-order chi connectivity index (χ1) is 13.2. The first-order valence-electron chi connectivity index (χ1n) is 9.21. The minimum Gasteiger partial charge on any atom is -0.444 e. The van der Waals surface area contributed by atoms with Crippen molar-refractivity contribution in [3.63, 3.8) is 0 Å². The second-order valence-electron chi connectivity index (χ2n) is 7.78. The Hall–Kier alpha value is -3.07. The van der Waals surface area contributed by atoms with E-state index in [2.05, 4.69) is 22.1 Å². The van der Waals surface area contributed by atoms with E-state index in [0.717, 1.165) is 5.69 Å². The van der Waals surface area contributed by atoms with Gasteiger partial charge in [0, 0.05) is 30.5 Å². The van der Waals surface area contributed by atoms with Crippen molar-refractivity contribution in [3.05, 3.63) is 54.4 Å². The molecule has 1 saturated heterocycles. The van der Waals surface area contributed by atoms with E-state index in [0.29, 0.717) is 24.3 Å². The third-order valence-electron chi connectivity index (χ3n) is 4.16. The number of rotatable bonds is 2. The highest BCUT2D eigenvalue weighted by molar-refractivity contribution is 5.85. The van der Waals surface area contributed by atoms with Gasteiger partial charge in [-0.15, -0.1) is 0 Å². The number of alkyl halides is 1. The fourth-order valence-corrected chi connectivity index (χ4v) is 2.91. The van der Waals surface area contributed by atoms with E-state index >= 15 is 4.39 Å². The molecule has 1 fully saturated rings. The summed E-state index contributed by atoms with van der Waals surface area (Å²) >= 11 is 0. The molecule has 5 nitrogen and oxygen atoms in total. The lowest BCUT2D eigenvalue weighted by Gasteiger charge is -2.21. The van der Waals surface area contributed by atoms with Gasteiger partial charge in [0.05, 0.1) is 6.54 Å². The highest BCUT2D eigenvalue weighted by Gasteiger charge is 2.37. The number of carbonyl (C=O) groups excluding carboxylic acids is 1. The van der Waals surface area contributed by atoms with Gasteiger partial charge in [0.25, 0.3) is 0 Å². The van der Waals surface area contributed by atoms with Gasteiger partial charge in [-0.25, -0.2) is 14.2 Å². The van der Waals surface area contributed by atoms with Gasteiger partial charge in [-0.05, 0) is 57.0 Å². The van der Waals surface area contributed by atoms with Crippen LogP contribution in [0.1, 0.15) is 32.9 Å². The summed E-state index contributed by atoms with van der Waals surface area (Å²) in [6, 6.07) is 12.7. The van der Waals surface area contributed by atoms with Gasteiger partial charge in [-0.1, -0.05) is 18.1 Å². The lowest BCUT2D eigenvalue weighted by Crippen LogP contribution is -2.28. The van der Waals surface area contributed by atoms with E-state index in [9.17, 15) is 4.79 Å². The molecule has 0 bridgehead atoms. The van der Waals surface area contributed by atoms with Crippen LogP contribution in [-0.4, -0.2) is 35.4 Å². The summed E-state index contributed by atoms with van der Waals surface area (Å²) in [5, 5.41) is 2.71. The average Bonchev–Trinajstić information content (AvgIpc) is 3.02. The first kappa shape index (κ1) is 19.7. The molecule has 1 N–H and O–H groups in total. The molecule has 1 atom stereocenters. The third-order valence-corrected chi connectivity index (χ3v) is 4.16. The molecule has 146 valence electrons. The maximum Gasteiger partial charge on any atom is 0.412 e. The van der Waals surface area contributed by atoms with Crippen molar-refractivity contribution in [3.8, 4) is 11.8 Å². The highest BCUT2D eigenvalue weighted by Crippen LogP contribution is 2.30. The molecular formula is C22H24FN3O2. The SMILES string of the molecule is CC(C)(C)OC(=O)Nc1cccc(N2CCC(F)(C#Cc3ccccn3)C2)c1. The van der Waals surface area contributed by atoms with Gasteiger partial charge in [0.2, 0.25) is 0 Å². The number of nitrogens with one attached hydrogen (secondary N) is 1. The molecule has 1 aliphatic heterocycles. The third kappa shape index (κ3) is 5.46. The Morgan fingerprint density at radius 3 is 2.82 bits per heavy atom. The monoisotopic (exact) mass is 381 g/mol. The van der Waals surface area contributed by atoms with Crippen molar-refractivity contribution >= 4 is 17.5 Å². The Balaban J connectivity index is 1.67. The van der Waals surface area contributed by atoms with Crippen molar-refractivity contribution < 1.29 is 13.9 Å². The Morgan fingerprint density at radius 1 is 1.29 bits per heavy atom. The number of hydrogen-bond acceptors (Lipinski definition) is 4. The molecule has 0 radical (unpaired) electrons. The molecule has 1 aliphatic rings. The molecule has 1 aromatic carbocycles. The number of pyridine rings is 1. The molecule has 1 aromatic heterocycles. The largest absolute Gasteiger partial charge is 0.444 e. The van der Waals surface area contributed by atoms with Crippen LogP contribution >= 0.6 is 0 Å². The fourth-order valence-electron chi connectivity index (χ4n) is 2.91. The predicted molar refractivity (Wildman–Crippen MR) is 108 cm³/mol. The quantitative estimate of drug-likeness (QED) is 0.784. The van der Waals surface area contributed by atoms with Gasteiger partial charge in [-0.3, -0.25) is 5.32 Å². The molecule has 0 aliphatic carbocycles. The molecule has 1 amide bonds. The molecule has 3 rings (SSSR count). The molecule has 1 unspecified atom stereocenters. The summed E-state index contributed by atoms with van der Waals surface area (Å²) in [5.41, 5.74) is -0.181. The predicted octanol–water partition coefficient (Wildman–Crippen LogP) is 4.40. The topological polar surface area (TPSA) is 54.5 Å². The zero-order valence-electron chi connectivity index (χ0n) is 16.3. The molecular weight excluding hydrogens is 357 g/mol. The van der Waals surface area contributed by atoms with Gasteiger partial charge in [0.1, 0.15) is 11.3 Å². The Labute approximate surface area is 164 Å². The summed E-state index contributed by atoms with van der Waals surface area (Å²) in [6.45, 7) is 6.13. The summed E-state index contributed by atoms with van der Waals surface area (Å²) in [5.74, 6) is 5.56. The number of benzene rings is 1. The Morgan fingerprint density at radius 2 is 2.11 bits per heavy atom. The zero-order valence-corrected chi connectivity index (χ0v) is 16.3. The minimum absolute atomic E-state index is 0.169. The molecule has 0 spiro atoms. The molecule has 0 saturated carbocycles. The van der Waals surface area contributed by atoms with Crippen molar-refractivity contribution in [1.29, 1.82) is 0 Å². The molecule has 2 heterocycles. The van der Waals surface area contributed by atoms with Crippen LogP contribution in [-0.2, 0) is 4.74 Å². The number of nitrogens with zero attached hydrogens (tertiary/aromatic N) is 2. The van der Waals surface area contributed by atoms with Gasteiger partial charge in [0.15, 0.2) is 5.67 Å². The van der Waals surface area contributed by atoms with Crippen molar-refractivity contribution in [2.24, 2.45) is 0 Å². The normalized spacial score (nSPS) is 18.9. The van der Waals surface area contributed by atoms with Crippen LogP contribution in [0, 0.1) is 11.8 Å². The van der Waals surface area contributed by atoms with Crippen LogP contribution < -0.4 is 10.2 Å². The molecule has 2 aromatic rings. The van der Waals surface area contributed by atoms with Gasteiger partial charge >= 0.3 is 6.09 Å². The van der Waals surface area contributed by atoms with Crippen molar-refractivity contribution in [2.75, 3.05) is 23.3 Å². The lowest BCUT2D eigenvalue weighted by molar-refractivity contribution is 0.0636. The zero-order chi connectivity index (χ0) is 20.2. The second kappa shape index (κ2) is 7.89. The van der Waals surface area contributed by atoms with Crippen molar-refractivity contribution in [2.45, 2.75) is 38.5 Å². The van der Waals surface area contributed by atoms with Crippen LogP contribution in [0.15, 0.2) is 48.7 Å². The van der Waals surface area contributed by atoms with Crippen LogP contribution in [0.2, 0.25) is 0 Å². The van der Waals surface area contributed by atoms with Gasteiger partial charge < -0.3 is 9.64 Å². The minimum atomic E-state index is -1.59. The summed E-state index contributed by atoms with van der Waals surface area (Å²) in [4.78, 5) is 18.0. The number of anilines is 2. The summed E-state index contributed by atoms with van der Waals surface area (Å²) in [6.07, 6.45) is 1.43. The molecule has 28 heavy (non-hydrogen) atoms. The van der Waals surface area contributed by atoms with E-state index in [1.54, 1.807) is 45.2 Å². The molecule has 6 heteroatoms. The van der Waals surface area contributed by atoms with E-state index in [4.69, 9.17) is 4.74 Å². The Kier molecular flexibility index (Phi) is 5.55. The Bertz CT molecular complexity index is 899. The first-order valence-corrected chi connectivity index (χ1v) is 9.21. The second-order valence-corrected chi connectivity index (χ2v) is 7.78. The van der Waals surface area contributed by atoms with Crippen molar-refractivity contribution in [1.82, 2.24) is 4.98 Å². The highest BCUT2D eigenvalue weighted by atomic mass is 19.1. The van der Waals surface area contributed by atoms with E-state index in [-0.39, 0.29) is 6.54 Å². The average molecular weight is 381 g/mol. The fraction of sp³-hybridized carbons (Fsp3) is 0.364. The van der Waals surface area contributed by atoms with E-state index in [1.165, 1.54) is 0 Å². The number of carbonyl (C=O) groups is 1. The smallest absolute Gasteiger partial charge is 0.412 e. The van der Waals surface area contributed by atoms with Crippen LogP contribution in [0.3, 0.4) is 0 Å². The van der Waals surface area contributed by atoms with Gasteiger partial charge in [-0.2, -0.15) is 0 Å². The number of halogens is 1. The van der Waals surface area contributed by atoms with Crippen LogP contribution in [0.4, 0.5) is 20.6 Å². The maximum atomic E-state index is 15.1. The number of hydrogen-bond donors (Lipinski definition) is 1. The summed E-state index contributed by atoms with van der Waals surface area (Å²) < 4.78 is 20.4. The number of amides is 1. The van der Waals surface area contributed by atoms with Crippen LogP contribution in [0.25, 0.3) is 0 Å². The van der Waals surface area contributed by atoms with E-state index < -0.39 is 17.4 Å². The lowest BCUT2D eigenvalue weighted by atomic mass is 10.1. The summed E-state index contributed by atoms with van der Waals surface area (Å²) in [7, 11) is 0. The standard InChI is InChI=1S/C22H24FN3O2/c1-21(2,3)28-20(27)25-18-8-6-9-19(15-18)26-14-12-22(23,16-26)11-10-17-7-4-5-13-24-17/h4-9,13,15H,12,14,16H2,1-3H3,(H,25,27). The number of aromatic nitrogens is 1. The van der Waals surface area contributed by atoms with Crippen LogP contribution in [0.5, 0.6) is 0 Å². The van der Waals surface area contributed by atoms with E-state index in [1.807, 2.05) is 29.2 Å².